The Kier molecular flexibility index (Phi) is 5.18. The maximum absolute atomic E-state index is 12.8. The molecule has 1 atom stereocenters. The predicted molar refractivity (Wildman–Crippen MR) is 92.2 cm³/mol. The highest BCUT2D eigenvalue weighted by molar-refractivity contribution is 9.10. The van der Waals surface area contributed by atoms with E-state index in [1.807, 2.05) is 24.3 Å². The van der Waals surface area contributed by atoms with Crippen LogP contribution in [0.3, 0.4) is 0 Å². The molecular formula is C15H18BrN3O2S. The summed E-state index contributed by atoms with van der Waals surface area (Å²) in [7, 11) is 1.65. The summed E-state index contributed by atoms with van der Waals surface area (Å²) in [6, 6.07) is 7.35. The molecule has 1 amide bonds. The van der Waals surface area contributed by atoms with Gasteiger partial charge in [0.2, 0.25) is 0 Å². The Hall–Kier alpha value is -1.47. The first-order valence-corrected chi connectivity index (χ1v) is 8.18. The van der Waals surface area contributed by atoms with E-state index in [4.69, 9.17) is 12.2 Å². The molecule has 118 valence electrons. The van der Waals surface area contributed by atoms with Crippen LogP contribution in [0.2, 0.25) is 0 Å². The number of amides is 1. The number of hydrazine groups is 1. The number of ketones is 1. The van der Waals surface area contributed by atoms with Gasteiger partial charge in [0.25, 0.3) is 5.91 Å². The maximum atomic E-state index is 12.8. The molecule has 7 heteroatoms. The van der Waals surface area contributed by atoms with E-state index >= 15 is 0 Å². The largest absolute Gasteiger partial charge is 0.364 e. The van der Waals surface area contributed by atoms with Gasteiger partial charge in [0, 0.05) is 11.5 Å². The summed E-state index contributed by atoms with van der Waals surface area (Å²) >= 11 is 8.36. The van der Waals surface area contributed by atoms with Crippen molar-refractivity contribution in [1.29, 1.82) is 0 Å². The number of benzene rings is 1. The summed E-state index contributed by atoms with van der Waals surface area (Å²) < 4.78 is 0.836. The highest BCUT2D eigenvalue weighted by Gasteiger charge is 2.55. The number of thiocarbonyl (C=S) groups is 1. The highest BCUT2D eigenvalue weighted by atomic mass is 79.9. The van der Waals surface area contributed by atoms with Crippen LogP contribution in [-0.2, 0) is 15.0 Å². The van der Waals surface area contributed by atoms with E-state index in [1.165, 1.54) is 6.92 Å². The minimum atomic E-state index is -1.18. The van der Waals surface area contributed by atoms with Gasteiger partial charge >= 0.3 is 0 Å². The number of hydrogen-bond donors (Lipinski definition) is 3. The summed E-state index contributed by atoms with van der Waals surface area (Å²) in [6.45, 7) is 1.47. The van der Waals surface area contributed by atoms with Crippen LogP contribution in [0.1, 0.15) is 25.3 Å². The molecule has 0 saturated heterocycles. The minimum absolute atomic E-state index is 0.0178. The molecule has 2 rings (SSSR count). The molecule has 1 aliphatic rings. The monoisotopic (exact) mass is 383 g/mol. The second-order valence-electron chi connectivity index (χ2n) is 5.31. The van der Waals surface area contributed by atoms with Crippen LogP contribution in [-0.4, -0.2) is 23.9 Å². The molecule has 0 heterocycles. The molecular weight excluding hydrogens is 366 g/mol. The topological polar surface area (TPSA) is 70.2 Å². The van der Waals surface area contributed by atoms with Gasteiger partial charge in [-0.25, -0.2) is 0 Å². The number of halogens is 1. The molecule has 1 aromatic rings. The Balaban J connectivity index is 2.40. The third-order valence-electron chi connectivity index (χ3n) is 3.90. The first kappa shape index (κ1) is 16.9. The minimum Gasteiger partial charge on any atom is -0.364 e. The van der Waals surface area contributed by atoms with Crippen molar-refractivity contribution in [1.82, 2.24) is 16.2 Å². The standard InChI is InChI=1S/C15H18BrN3O2S/c1-9(20)15(10-6-7-10,11-4-3-5-12(16)8-11)13(21)18-19-14(22)17-2/h3-5,8,10H,6-7H2,1-2H3,(H,18,21)(H2,17,19,22). The number of carbonyl (C=O) groups is 2. The van der Waals surface area contributed by atoms with Crippen molar-refractivity contribution in [3.8, 4) is 0 Å². The fourth-order valence-corrected chi connectivity index (χ4v) is 3.18. The molecule has 0 radical (unpaired) electrons. The number of nitrogens with one attached hydrogen (secondary N) is 3. The fourth-order valence-electron chi connectivity index (χ4n) is 2.73. The number of rotatable bonds is 4. The summed E-state index contributed by atoms with van der Waals surface area (Å²) in [5.41, 5.74) is 4.70. The SMILES string of the molecule is CNC(=S)NNC(=O)C(C(C)=O)(c1cccc(Br)c1)C1CC1. The lowest BCUT2D eigenvalue weighted by Crippen LogP contribution is -2.57. The normalized spacial score (nSPS) is 16.3. The van der Waals surface area contributed by atoms with Gasteiger partial charge in [-0.15, -0.1) is 0 Å². The third kappa shape index (κ3) is 3.15. The van der Waals surface area contributed by atoms with Gasteiger partial charge in [0.05, 0.1) is 0 Å². The van der Waals surface area contributed by atoms with Gasteiger partial charge in [-0.2, -0.15) is 0 Å². The van der Waals surface area contributed by atoms with E-state index < -0.39 is 5.41 Å². The third-order valence-corrected chi connectivity index (χ3v) is 4.70. The number of hydrogen-bond acceptors (Lipinski definition) is 3. The zero-order valence-corrected chi connectivity index (χ0v) is 14.8. The van der Waals surface area contributed by atoms with Crippen LogP contribution >= 0.6 is 28.1 Å². The van der Waals surface area contributed by atoms with Crippen LogP contribution in [0.15, 0.2) is 28.7 Å². The molecule has 0 spiro atoms. The molecule has 0 aromatic heterocycles. The van der Waals surface area contributed by atoms with Crippen molar-refractivity contribution in [2.75, 3.05) is 7.05 Å². The molecule has 22 heavy (non-hydrogen) atoms. The first-order chi connectivity index (χ1) is 10.4. The van der Waals surface area contributed by atoms with Crippen molar-refractivity contribution in [2.24, 2.45) is 5.92 Å². The van der Waals surface area contributed by atoms with Gasteiger partial charge < -0.3 is 5.32 Å². The zero-order valence-electron chi connectivity index (χ0n) is 12.4. The Bertz CT molecular complexity index is 619. The highest BCUT2D eigenvalue weighted by Crippen LogP contribution is 2.48. The Labute approximate surface area is 143 Å². The van der Waals surface area contributed by atoms with Gasteiger partial charge in [-0.3, -0.25) is 20.4 Å². The molecule has 1 saturated carbocycles. The molecule has 1 fully saturated rings. The van der Waals surface area contributed by atoms with E-state index in [0.29, 0.717) is 5.56 Å². The Morgan fingerprint density at radius 2 is 2.00 bits per heavy atom. The van der Waals surface area contributed by atoms with Crippen molar-refractivity contribution < 1.29 is 9.59 Å². The number of carbonyl (C=O) groups excluding carboxylic acids is 2. The van der Waals surface area contributed by atoms with Crippen molar-refractivity contribution in [3.63, 3.8) is 0 Å². The molecule has 3 N–H and O–H groups in total. The van der Waals surface area contributed by atoms with Crippen LogP contribution < -0.4 is 16.2 Å². The van der Waals surface area contributed by atoms with Crippen LogP contribution in [0.5, 0.6) is 0 Å². The predicted octanol–water partition coefficient (Wildman–Crippen LogP) is 1.81. The Morgan fingerprint density at radius 1 is 1.32 bits per heavy atom. The molecule has 1 aliphatic carbocycles. The lowest BCUT2D eigenvalue weighted by Gasteiger charge is -2.31. The lowest BCUT2D eigenvalue weighted by atomic mass is 9.72. The van der Waals surface area contributed by atoms with E-state index in [1.54, 1.807) is 7.05 Å². The number of Topliss-reactive ketones (excluding diaryl/α,β-unsaturated/α-hetero) is 1. The molecule has 1 aromatic carbocycles. The van der Waals surface area contributed by atoms with E-state index in [9.17, 15) is 9.59 Å². The van der Waals surface area contributed by atoms with Crippen LogP contribution in [0, 0.1) is 5.92 Å². The molecule has 5 nitrogen and oxygen atoms in total. The van der Waals surface area contributed by atoms with Gasteiger partial charge in [0.1, 0.15) is 11.2 Å². The van der Waals surface area contributed by atoms with Crippen LogP contribution in [0.4, 0.5) is 0 Å². The van der Waals surface area contributed by atoms with Crippen molar-refractivity contribution in [3.05, 3.63) is 34.3 Å². The zero-order chi connectivity index (χ0) is 16.3. The van der Waals surface area contributed by atoms with Crippen molar-refractivity contribution in [2.45, 2.75) is 25.2 Å². The van der Waals surface area contributed by atoms with E-state index in [2.05, 4.69) is 32.1 Å². The summed E-state index contributed by atoms with van der Waals surface area (Å²) in [6.07, 6.45) is 1.71. The average Bonchev–Trinajstić information content (AvgIpc) is 3.30. The summed E-state index contributed by atoms with van der Waals surface area (Å²) in [5, 5.41) is 3.00. The molecule has 0 bridgehead atoms. The molecule has 0 aliphatic heterocycles. The summed E-state index contributed by atoms with van der Waals surface area (Å²) in [4.78, 5) is 25.3. The maximum Gasteiger partial charge on any atom is 0.256 e. The quantitative estimate of drug-likeness (QED) is 0.420. The molecule has 1 unspecified atom stereocenters. The first-order valence-electron chi connectivity index (χ1n) is 6.98. The average molecular weight is 384 g/mol. The fraction of sp³-hybridized carbons (Fsp3) is 0.400. The van der Waals surface area contributed by atoms with E-state index in [-0.39, 0.29) is 22.7 Å². The van der Waals surface area contributed by atoms with Gasteiger partial charge in [0.15, 0.2) is 5.11 Å². The second kappa shape index (κ2) is 6.75. The summed E-state index contributed by atoms with van der Waals surface area (Å²) in [5.74, 6) is -0.523. The second-order valence-corrected chi connectivity index (χ2v) is 6.63. The van der Waals surface area contributed by atoms with E-state index in [0.717, 1.165) is 17.3 Å². The van der Waals surface area contributed by atoms with Crippen LogP contribution in [0.25, 0.3) is 0 Å². The lowest BCUT2D eigenvalue weighted by molar-refractivity contribution is -0.137. The van der Waals surface area contributed by atoms with Crippen molar-refractivity contribution >= 4 is 45.0 Å². The smallest absolute Gasteiger partial charge is 0.256 e. The van der Waals surface area contributed by atoms with Gasteiger partial charge in [-0.05, 0) is 55.6 Å². The van der Waals surface area contributed by atoms with Gasteiger partial charge in [-0.1, -0.05) is 28.1 Å². The Morgan fingerprint density at radius 3 is 2.50 bits per heavy atom.